The SMILES string of the molecule is C=C1C(C)(C)[C@H]2CC[C@@]1(C(=O)Nc1cccc(Cl)c1Cl)C2. The first kappa shape index (κ1) is 14.9. The molecule has 1 amide bonds. The van der Waals surface area contributed by atoms with Gasteiger partial charge in [-0.3, -0.25) is 4.79 Å². The van der Waals surface area contributed by atoms with Crippen molar-refractivity contribution in [1.82, 2.24) is 0 Å². The average molecular weight is 324 g/mol. The second-order valence-corrected chi connectivity index (χ2v) is 7.56. The standard InChI is InChI=1S/C17H19Cl2NO/c1-10-16(2,3)11-7-8-17(10,9-11)15(21)20-13-6-4-5-12(18)14(13)19/h4-6,11H,1,7-9H2,2-3H3,(H,20,21)/t11-,17+/m0/s1. The summed E-state index contributed by atoms with van der Waals surface area (Å²) in [5, 5.41) is 3.80. The highest BCUT2D eigenvalue weighted by atomic mass is 35.5. The van der Waals surface area contributed by atoms with Gasteiger partial charge in [0, 0.05) is 0 Å². The smallest absolute Gasteiger partial charge is 0.234 e. The fraction of sp³-hybridized carbons (Fsp3) is 0.471. The summed E-state index contributed by atoms with van der Waals surface area (Å²) in [4.78, 5) is 12.9. The molecule has 0 aliphatic heterocycles. The zero-order valence-corrected chi connectivity index (χ0v) is 13.8. The summed E-state index contributed by atoms with van der Waals surface area (Å²) in [6.45, 7) is 8.63. The van der Waals surface area contributed by atoms with Crippen LogP contribution >= 0.6 is 23.2 Å². The molecule has 21 heavy (non-hydrogen) atoms. The number of hydrogen-bond donors (Lipinski definition) is 1. The van der Waals surface area contributed by atoms with Gasteiger partial charge in [0.2, 0.25) is 5.91 Å². The number of rotatable bonds is 2. The largest absolute Gasteiger partial charge is 0.324 e. The Kier molecular flexibility index (Phi) is 3.38. The van der Waals surface area contributed by atoms with E-state index in [1.165, 1.54) is 0 Å². The van der Waals surface area contributed by atoms with Crippen LogP contribution in [0.5, 0.6) is 0 Å². The molecule has 0 unspecified atom stereocenters. The first-order chi connectivity index (χ1) is 9.79. The number of carbonyl (C=O) groups excluding carboxylic acids is 1. The van der Waals surface area contributed by atoms with E-state index in [2.05, 4.69) is 25.7 Å². The van der Waals surface area contributed by atoms with Crippen LogP contribution in [0.4, 0.5) is 5.69 Å². The molecule has 1 aromatic carbocycles. The minimum absolute atomic E-state index is 0.00439. The average Bonchev–Trinajstić information content (AvgIpc) is 2.96. The molecule has 2 aliphatic rings. The molecule has 1 aromatic rings. The first-order valence-electron chi connectivity index (χ1n) is 7.24. The molecule has 1 N–H and O–H groups in total. The Hall–Kier alpha value is -0.990. The molecular formula is C17H19Cl2NO. The molecule has 3 rings (SSSR count). The maximum atomic E-state index is 12.9. The monoisotopic (exact) mass is 323 g/mol. The molecule has 0 heterocycles. The molecule has 2 nitrogen and oxygen atoms in total. The van der Waals surface area contributed by atoms with E-state index < -0.39 is 5.41 Å². The Morgan fingerprint density at radius 2 is 2.10 bits per heavy atom. The van der Waals surface area contributed by atoms with E-state index in [1.807, 2.05) is 0 Å². The third-order valence-corrected chi connectivity index (χ3v) is 6.34. The molecular weight excluding hydrogens is 305 g/mol. The third kappa shape index (κ3) is 2.03. The van der Waals surface area contributed by atoms with E-state index >= 15 is 0 Å². The van der Waals surface area contributed by atoms with Crippen LogP contribution in [-0.4, -0.2) is 5.91 Å². The molecule has 2 saturated carbocycles. The van der Waals surface area contributed by atoms with Crippen molar-refractivity contribution in [3.05, 3.63) is 40.4 Å². The van der Waals surface area contributed by atoms with E-state index in [0.29, 0.717) is 21.7 Å². The van der Waals surface area contributed by atoms with Gasteiger partial charge < -0.3 is 5.32 Å². The molecule has 0 spiro atoms. The summed E-state index contributed by atoms with van der Waals surface area (Å²) in [6, 6.07) is 5.27. The van der Waals surface area contributed by atoms with Crippen LogP contribution in [0.15, 0.2) is 30.4 Å². The Morgan fingerprint density at radius 1 is 1.38 bits per heavy atom. The van der Waals surface area contributed by atoms with E-state index in [4.69, 9.17) is 23.2 Å². The number of fused-ring (bicyclic) bond motifs is 2. The molecule has 4 heteroatoms. The van der Waals surface area contributed by atoms with Crippen molar-refractivity contribution < 1.29 is 4.79 Å². The van der Waals surface area contributed by atoms with Gasteiger partial charge in [-0.05, 0) is 42.7 Å². The lowest BCUT2D eigenvalue weighted by molar-refractivity contribution is -0.123. The van der Waals surface area contributed by atoms with Gasteiger partial charge in [0.05, 0.1) is 21.1 Å². The van der Waals surface area contributed by atoms with Crippen molar-refractivity contribution in [2.24, 2.45) is 16.7 Å². The van der Waals surface area contributed by atoms with Gasteiger partial charge in [-0.2, -0.15) is 0 Å². The van der Waals surface area contributed by atoms with Gasteiger partial charge in [0.25, 0.3) is 0 Å². The highest BCUT2D eigenvalue weighted by molar-refractivity contribution is 6.44. The van der Waals surface area contributed by atoms with Crippen molar-refractivity contribution in [3.63, 3.8) is 0 Å². The van der Waals surface area contributed by atoms with Gasteiger partial charge in [-0.25, -0.2) is 0 Å². The first-order valence-corrected chi connectivity index (χ1v) is 8.00. The quantitative estimate of drug-likeness (QED) is 0.734. The second-order valence-electron chi connectivity index (χ2n) is 6.78. The lowest BCUT2D eigenvalue weighted by Gasteiger charge is -2.37. The number of nitrogens with one attached hydrogen (secondary N) is 1. The summed E-state index contributed by atoms with van der Waals surface area (Å²) in [7, 11) is 0. The molecule has 2 fully saturated rings. The Labute approximate surface area is 135 Å². The fourth-order valence-electron chi connectivity index (χ4n) is 3.98. The summed E-state index contributed by atoms with van der Waals surface area (Å²) in [5.41, 5.74) is 1.22. The van der Waals surface area contributed by atoms with E-state index in [-0.39, 0.29) is 11.3 Å². The van der Waals surface area contributed by atoms with Crippen LogP contribution < -0.4 is 5.32 Å². The number of carbonyl (C=O) groups is 1. The molecule has 112 valence electrons. The Balaban J connectivity index is 1.90. The fourth-order valence-corrected chi connectivity index (χ4v) is 4.33. The van der Waals surface area contributed by atoms with Crippen LogP contribution in [-0.2, 0) is 4.79 Å². The predicted molar refractivity (Wildman–Crippen MR) is 87.8 cm³/mol. The maximum absolute atomic E-state index is 12.9. The summed E-state index contributed by atoms with van der Waals surface area (Å²) in [5.74, 6) is 0.551. The van der Waals surface area contributed by atoms with Crippen molar-refractivity contribution in [2.45, 2.75) is 33.1 Å². The number of halogens is 2. The zero-order chi connectivity index (χ0) is 15.4. The van der Waals surface area contributed by atoms with Gasteiger partial charge in [0.15, 0.2) is 0 Å². The van der Waals surface area contributed by atoms with Gasteiger partial charge >= 0.3 is 0 Å². The predicted octanol–water partition coefficient (Wildman–Crippen LogP) is 5.31. The molecule has 2 atom stereocenters. The topological polar surface area (TPSA) is 29.1 Å². The number of benzene rings is 1. The zero-order valence-electron chi connectivity index (χ0n) is 12.3. The van der Waals surface area contributed by atoms with Crippen molar-refractivity contribution in [2.75, 3.05) is 5.32 Å². The Morgan fingerprint density at radius 3 is 2.71 bits per heavy atom. The van der Waals surface area contributed by atoms with Crippen molar-refractivity contribution in [3.8, 4) is 0 Å². The molecule has 0 radical (unpaired) electrons. The summed E-state index contributed by atoms with van der Waals surface area (Å²) < 4.78 is 0. The number of anilines is 1. The number of amides is 1. The normalized spacial score (nSPS) is 29.7. The van der Waals surface area contributed by atoms with Crippen LogP contribution in [0.25, 0.3) is 0 Å². The lowest BCUT2D eigenvalue weighted by atomic mass is 9.68. The lowest BCUT2D eigenvalue weighted by Crippen LogP contribution is -2.37. The van der Waals surface area contributed by atoms with Gasteiger partial charge in [-0.15, -0.1) is 0 Å². The van der Waals surface area contributed by atoms with Crippen molar-refractivity contribution in [1.29, 1.82) is 0 Å². The second kappa shape index (κ2) is 4.76. The van der Waals surface area contributed by atoms with Crippen LogP contribution in [0.2, 0.25) is 10.0 Å². The maximum Gasteiger partial charge on any atom is 0.234 e. The highest BCUT2D eigenvalue weighted by Crippen LogP contribution is 2.65. The third-order valence-electron chi connectivity index (χ3n) is 5.52. The van der Waals surface area contributed by atoms with Gasteiger partial charge in [0.1, 0.15) is 0 Å². The Bertz CT molecular complexity index is 638. The molecule has 0 aromatic heterocycles. The summed E-state index contributed by atoms with van der Waals surface area (Å²) in [6.07, 6.45) is 2.86. The van der Waals surface area contributed by atoms with E-state index in [0.717, 1.165) is 24.8 Å². The van der Waals surface area contributed by atoms with Gasteiger partial charge in [-0.1, -0.05) is 55.3 Å². The molecule has 2 aliphatic carbocycles. The van der Waals surface area contributed by atoms with Crippen LogP contribution in [0.3, 0.4) is 0 Å². The van der Waals surface area contributed by atoms with E-state index in [1.54, 1.807) is 18.2 Å². The minimum Gasteiger partial charge on any atom is -0.324 e. The van der Waals surface area contributed by atoms with E-state index in [9.17, 15) is 4.79 Å². The number of hydrogen-bond acceptors (Lipinski definition) is 1. The molecule has 2 bridgehead atoms. The highest BCUT2D eigenvalue weighted by Gasteiger charge is 2.60. The van der Waals surface area contributed by atoms with Crippen molar-refractivity contribution >= 4 is 34.8 Å². The summed E-state index contributed by atoms with van der Waals surface area (Å²) >= 11 is 12.2. The molecule has 0 saturated heterocycles. The minimum atomic E-state index is -0.445. The van der Waals surface area contributed by atoms with Crippen LogP contribution in [0, 0.1) is 16.7 Å². The van der Waals surface area contributed by atoms with Crippen LogP contribution in [0.1, 0.15) is 33.1 Å².